The number of hydrogen-bond acceptors (Lipinski definition) is 3. The van der Waals surface area contributed by atoms with Crippen molar-refractivity contribution in [1.29, 1.82) is 0 Å². The Bertz CT molecular complexity index is 703. The Kier molecular flexibility index (Phi) is 4.33. The van der Waals surface area contributed by atoms with Crippen LogP contribution in [-0.4, -0.2) is 17.6 Å². The van der Waals surface area contributed by atoms with Crippen molar-refractivity contribution in [2.75, 3.05) is 10.6 Å². The van der Waals surface area contributed by atoms with E-state index in [9.17, 15) is 14.4 Å². The predicted octanol–water partition coefficient (Wildman–Crippen LogP) is 3.76. The van der Waals surface area contributed by atoms with E-state index in [0.29, 0.717) is 5.69 Å². The van der Waals surface area contributed by atoms with Gasteiger partial charge in [-0.25, -0.2) is 0 Å². The second-order valence-corrected chi connectivity index (χ2v) is 8.66. The third kappa shape index (κ3) is 3.39. The lowest BCUT2D eigenvalue weighted by molar-refractivity contribution is -0.140. The molecule has 0 radical (unpaired) electrons. The number of ketones is 1. The van der Waals surface area contributed by atoms with Gasteiger partial charge in [-0.05, 0) is 87.5 Å². The zero-order chi connectivity index (χ0) is 18.3. The Morgan fingerprint density at radius 2 is 1.35 bits per heavy atom. The lowest BCUT2D eigenvalue weighted by Gasteiger charge is -2.55. The first kappa shape index (κ1) is 17.3. The zero-order valence-electron chi connectivity index (χ0n) is 15.2. The maximum absolute atomic E-state index is 13.0. The summed E-state index contributed by atoms with van der Waals surface area (Å²) in [6.07, 6.45) is 6.98. The van der Waals surface area contributed by atoms with Gasteiger partial charge in [0.2, 0.25) is 11.8 Å². The molecule has 2 N–H and O–H groups in total. The lowest BCUT2D eigenvalue weighted by Crippen LogP contribution is -2.51. The number of benzene rings is 1. The van der Waals surface area contributed by atoms with E-state index in [2.05, 4.69) is 10.6 Å². The Morgan fingerprint density at radius 1 is 0.885 bits per heavy atom. The first-order valence-electron chi connectivity index (χ1n) is 9.63. The molecule has 5 rings (SSSR count). The predicted molar refractivity (Wildman–Crippen MR) is 99.6 cm³/mol. The summed E-state index contributed by atoms with van der Waals surface area (Å²) < 4.78 is 0. The number of anilines is 2. The highest BCUT2D eigenvalue weighted by atomic mass is 16.2. The molecule has 4 bridgehead atoms. The number of nitrogens with one attached hydrogen (secondary N) is 2. The molecule has 0 aliphatic heterocycles. The molecule has 4 aliphatic rings. The zero-order valence-corrected chi connectivity index (χ0v) is 15.2. The molecule has 0 unspecified atom stereocenters. The summed E-state index contributed by atoms with van der Waals surface area (Å²) in [6.45, 7) is 1.39. The van der Waals surface area contributed by atoms with Crippen LogP contribution in [0.15, 0.2) is 24.3 Å². The summed E-state index contributed by atoms with van der Waals surface area (Å²) in [5.74, 6) is 1.91. The van der Waals surface area contributed by atoms with Gasteiger partial charge in [0.05, 0.1) is 11.8 Å². The largest absolute Gasteiger partial charge is 0.326 e. The van der Waals surface area contributed by atoms with E-state index in [0.717, 1.165) is 42.7 Å². The van der Waals surface area contributed by atoms with Crippen molar-refractivity contribution >= 4 is 29.0 Å². The van der Waals surface area contributed by atoms with Crippen molar-refractivity contribution in [3.05, 3.63) is 24.3 Å². The standard InChI is InChI=1S/C21H26N2O3/c1-13(24)6-19(25)22-17-2-4-18(5-3-17)23-20(26)21-10-14-7-15(11-21)9-16(8-14)12-21/h2-5,14-16H,6-12H2,1H3,(H,22,25)(H,23,26). The summed E-state index contributed by atoms with van der Waals surface area (Å²) in [5.41, 5.74) is 1.22. The van der Waals surface area contributed by atoms with E-state index in [-0.39, 0.29) is 29.4 Å². The minimum atomic E-state index is -0.317. The van der Waals surface area contributed by atoms with E-state index >= 15 is 0 Å². The van der Waals surface area contributed by atoms with Crippen LogP contribution in [0.1, 0.15) is 51.9 Å². The maximum Gasteiger partial charge on any atom is 0.231 e. The molecule has 4 fully saturated rings. The quantitative estimate of drug-likeness (QED) is 0.791. The second-order valence-electron chi connectivity index (χ2n) is 8.66. The van der Waals surface area contributed by atoms with Crippen molar-refractivity contribution in [3.63, 3.8) is 0 Å². The third-order valence-corrected chi connectivity index (χ3v) is 6.36. The molecule has 26 heavy (non-hydrogen) atoms. The minimum Gasteiger partial charge on any atom is -0.326 e. The molecule has 1 aromatic carbocycles. The second kappa shape index (κ2) is 6.53. The first-order chi connectivity index (χ1) is 12.4. The van der Waals surface area contributed by atoms with Crippen LogP contribution in [0.5, 0.6) is 0 Å². The first-order valence-corrected chi connectivity index (χ1v) is 9.63. The van der Waals surface area contributed by atoms with Crippen molar-refractivity contribution < 1.29 is 14.4 Å². The molecular formula is C21H26N2O3. The fourth-order valence-corrected chi connectivity index (χ4v) is 5.72. The summed E-state index contributed by atoms with van der Waals surface area (Å²) >= 11 is 0. The van der Waals surface area contributed by atoms with Crippen LogP contribution >= 0.6 is 0 Å². The smallest absolute Gasteiger partial charge is 0.231 e. The van der Waals surface area contributed by atoms with E-state index < -0.39 is 0 Å². The van der Waals surface area contributed by atoms with Crippen LogP contribution < -0.4 is 10.6 Å². The van der Waals surface area contributed by atoms with Crippen molar-refractivity contribution in [2.24, 2.45) is 23.2 Å². The highest BCUT2D eigenvalue weighted by molar-refractivity contribution is 6.03. The highest BCUT2D eigenvalue weighted by Gasteiger charge is 2.54. The molecule has 5 nitrogen and oxygen atoms in total. The Morgan fingerprint density at radius 3 is 1.81 bits per heavy atom. The molecule has 4 aliphatic carbocycles. The van der Waals surface area contributed by atoms with Crippen LogP contribution in [0.4, 0.5) is 11.4 Å². The number of Topliss-reactive ketones (excluding diaryl/α,β-unsaturated/α-hetero) is 1. The molecule has 1 aromatic rings. The molecule has 0 heterocycles. The lowest BCUT2D eigenvalue weighted by atomic mass is 9.49. The average Bonchev–Trinajstić information content (AvgIpc) is 2.54. The van der Waals surface area contributed by atoms with Crippen LogP contribution in [0.25, 0.3) is 0 Å². The fourth-order valence-electron chi connectivity index (χ4n) is 5.72. The fraction of sp³-hybridized carbons (Fsp3) is 0.571. The van der Waals surface area contributed by atoms with Gasteiger partial charge in [0.1, 0.15) is 5.78 Å². The maximum atomic E-state index is 13.0. The number of rotatable bonds is 5. The molecule has 0 aromatic heterocycles. The van der Waals surface area contributed by atoms with E-state index in [1.165, 1.54) is 26.2 Å². The van der Waals surface area contributed by atoms with Gasteiger partial charge in [-0.3, -0.25) is 14.4 Å². The molecule has 0 saturated heterocycles. The molecule has 138 valence electrons. The van der Waals surface area contributed by atoms with Crippen molar-refractivity contribution in [1.82, 2.24) is 0 Å². The van der Waals surface area contributed by atoms with E-state index in [1.807, 2.05) is 12.1 Å². The molecular weight excluding hydrogens is 328 g/mol. The van der Waals surface area contributed by atoms with Gasteiger partial charge in [0, 0.05) is 11.4 Å². The summed E-state index contributed by atoms with van der Waals surface area (Å²) in [4.78, 5) is 35.6. The van der Waals surface area contributed by atoms with Gasteiger partial charge in [-0.1, -0.05) is 0 Å². The summed E-state index contributed by atoms with van der Waals surface area (Å²) in [5, 5.41) is 5.80. The highest BCUT2D eigenvalue weighted by Crippen LogP contribution is 2.60. The molecule has 0 atom stereocenters. The summed E-state index contributed by atoms with van der Waals surface area (Å²) in [7, 11) is 0. The van der Waals surface area contributed by atoms with Crippen LogP contribution in [0.3, 0.4) is 0 Å². The number of amides is 2. The monoisotopic (exact) mass is 354 g/mol. The van der Waals surface area contributed by atoms with Crippen molar-refractivity contribution in [2.45, 2.75) is 51.9 Å². The molecule has 4 saturated carbocycles. The van der Waals surface area contributed by atoms with Gasteiger partial charge in [0.15, 0.2) is 0 Å². The Hall–Kier alpha value is -2.17. The molecule has 2 amide bonds. The van der Waals surface area contributed by atoms with Gasteiger partial charge >= 0.3 is 0 Å². The van der Waals surface area contributed by atoms with Gasteiger partial charge in [0.25, 0.3) is 0 Å². The van der Waals surface area contributed by atoms with E-state index in [1.54, 1.807) is 12.1 Å². The number of carbonyl (C=O) groups excluding carboxylic acids is 3. The Balaban J connectivity index is 1.39. The summed E-state index contributed by atoms with van der Waals surface area (Å²) in [6, 6.07) is 7.13. The van der Waals surface area contributed by atoms with Crippen LogP contribution in [0.2, 0.25) is 0 Å². The van der Waals surface area contributed by atoms with E-state index in [4.69, 9.17) is 0 Å². The third-order valence-electron chi connectivity index (χ3n) is 6.36. The van der Waals surface area contributed by atoms with Gasteiger partial charge in [-0.15, -0.1) is 0 Å². The van der Waals surface area contributed by atoms with Gasteiger partial charge < -0.3 is 10.6 Å². The van der Waals surface area contributed by atoms with Crippen molar-refractivity contribution in [3.8, 4) is 0 Å². The Labute approximate surface area is 153 Å². The average molecular weight is 354 g/mol. The normalized spacial score (nSPS) is 31.5. The van der Waals surface area contributed by atoms with Crippen LogP contribution in [-0.2, 0) is 14.4 Å². The number of carbonyl (C=O) groups is 3. The number of hydrogen-bond donors (Lipinski definition) is 2. The SMILES string of the molecule is CC(=O)CC(=O)Nc1ccc(NC(=O)C23CC4CC(CC(C4)C2)C3)cc1. The van der Waals surface area contributed by atoms with Crippen LogP contribution in [0, 0.1) is 23.2 Å². The van der Waals surface area contributed by atoms with Gasteiger partial charge in [-0.2, -0.15) is 0 Å². The molecule has 5 heteroatoms. The minimum absolute atomic E-state index is 0.121. The topological polar surface area (TPSA) is 75.3 Å². The molecule has 0 spiro atoms.